The van der Waals surface area contributed by atoms with E-state index in [-0.39, 0.29) is 36.2 Å². The van der Waals surface area contributed by atoms with Crippen molar-refractivity contribution in [2.45, 2.75) is 31.8 Å². The van der Waals surface area contributed by atoms with Gasteiger partial charge in [-0.15, -0.1) is 17.5 Å². The van der Waals surface area contributed by atoms with E-state index in [1.165, 1.54) is 0 Å². The lowest BCUT2D eigenvalue weighted by Crippen LogP contribution is -2.32. The minimum Gasteiger partial charge on any atom is -0.343 e. The molecule has 2 aromatic heterocycles. The van der Waals surface area contributed by atoms with Gasteiger partial charge in [0.1, 0.15) is 6.33 Å². The van der Waals surface area contributed by atoms with Gasteiger partial charge in [0.25, 0.3) is 5.91 Å². The van der Waals surface area contributed by atoms with Crippen molar-refractivity contribution in [2.24, 2.45) is 7.05 Å². The molecule has 0 saturated carbocycles. The number of hydrogen-bond acceptors (Lipinski definition) is 5. The van der Waals surface area contributed by atoms with E-state index in [9.17, 15) is 4.79 Å². The lowest BCUT2D eigenvalue weighted by Gasteiger charge is -2.22. The number of nitrogens with one attached hydrogen (secondary N) is 2. The largest absolute Gasteiger partial charge is 0.343 e. The van der Waals surface area contributed by atoms with Crippen molar-refractivity contribution < 1.29 is 4.79 Å². The van der Waals surface area contributed by atoms with Crippen LogP contribution in [0.1, 0.15) is 48.0 Å². The summed E-state index contributed by atoms with van der Waals surface area (Å²) in [5.41, 5.74) is 0.951. The number of rotatable bonds is 4. The van der Waals surface area contributed by atoms with Crippen LogP contribution in [0.4, 0.5) is 0 Å². The van der Waals surface area contributed by atoms with Crippen LogP contribution in [0.25, 0.3) is 0 Å². The Labute approximate surface area is 141 Å². The maximum atomic E-state index is 12.2. The smallest absolute Gasteiger partial charge is 0.291 e. The molecule has 23 heavy (non-hydrogen) atoms. The normalized spacial score (nSPS) is 19.0. The Bertz CT molecular complexity index is 647. The number of amides is 1. The first-order valence-corrected chi connectivity index (χ1v) is 7.55. The molecule has 1 fully saturated rings. The van der Waals surface area contributed by atoms with Gasteiger partial charge in [0.05, 0.1) is 18.3 Å². The van der Waals surface area contributed by atoms with Gasteiger partial charge in [-0.25, -0.2) is 9.67 Å². The van der Waals surface area contributed by atoms with E-state index in [2.05, 4.69) is 25.8 Å². The number of piperidine rings is 1. The molecule has 8 nitrogen and oxygen atoms in total. The van der Waals surface area contributed by atoms with Crippen molar-refractivity contribution in [1.29, 1.82) is 0 Å². The van der Waals surface area contributed by atoms with Crippen LogP contribution in [-0.2, 0) is 7.05 Å². The summed E-state index contributed by atoms with van der Waals surface area (Å²) in [4.78, 5) is 16.4. The van der Waals surface area contributed by atoms with Crippen LogP contribution < -0.4 is 10.6 Å². The molecule has 2 aromatic rings. The molecule has 1 amide bonds. The maximum absolute atomic E-state index is 12.2. The molecule has 0 radical (unpaired) electrons. The van der Waals surface area contributed by atoms with E-state index in [1.807, 2.05) is 20.2 Å². The van der Waals surface area contributed by atoms with E-state index in [0.29, 0.717) is 0 Å². The van der Waals surface area contributed by atoms with Crippen LogP contribution in [0.2, 0.25) is 0 Å². The zero-order chi connectivity index (χ0) is 15.5. The standard InChI is InChI=1S/C14H21N7O.ClH/c1-10(11-6-17-20(2)8-11)18-14(22)13-16-9-21(19-13)12-4-3-5-15-7-12;/h6,8-10,12,15H,3-5,7H2,1-2H3,(H,18,22);1H. The summed E-state index contributed by atoms with van der Waals surface area (Å²) in [5.74, 6) is -0.0554. The summed E-state index contributed by atoms with van der Waals surface area (Å²) in [6, 6.07) is 0.142. The SMILES string of the molecule is CC(NC(=O)c1ncn(C2CCCNC2)n1)c1cnn(C)c1.Cl. The molecule has 126 valence electrons. The fraction of sp³-hybridized carbons (Fsp3) is 0.571. The first-order valence-electron chi connectivity index (χ1n) is 7.55. The van der Waals surface area contributed by atoms with Gasteiger partial charge in [-0.05, 0) is 26.3 Å². The highest BCUT2D eigenvalue weighted by molar-refractivity contribution is 5.90. The molecule has 2 unspecified atom stereocenters. The van der Waals surface area contributed by atoms with Gasteiger partial charge in [0.2, 0.25) is 5.82 Å². The summed E-state index contributed by atoms with van der Waals surface area (Å²) in [5, 5.41) is 14.6. The number of hydrogen-bond donors (Lipinski definition) is 2. The zero-order valence-corrected chi connectivity index (χ0v) is 14.1. The minimum absolute atomic E-state index is 0. The first kappa shape index (κ1) is 17.4. The highest BCUT2D eigenvalue weighted by Gasteiger charge is 2.20. The van der Waals surface area contributed by atoms with Gasteiger partial charge >= 0.3 is 0 Å². The molecule has 1 saturated heterocycles. The number of carbonyl (C=O) groups is 1. The third kappa shape index (κ3) is 4.08. The lowest BCUT2D eigenvalue weighted by atomic mass is 10.1. The van der Waals surface area contributed by atoms with Crippen LogP contribution >= 0.6 is 12.4 Å². The van der Waals surface area contributed by atoms with Crippen molar-refractivity contribution in [3.05, 3.63) is 30.1 Å². The summed E-state index contributed by atoms with van der Waals surface area (Å²) >= 11 is 0. The van der Waals surface area contributed by atoms with Crippen molar-refractivity contribution in [2.75, 3.05) is 13.1 Å². The van der Waals surface area contributed by atoms with Gasteiger partial charge in [0.15, 0.2) is 0 Å². The Kier molecular flexibility index (Phi) is 5.73. The molecule has 3 rings (SSSR count). The van der Waals surface area contributed by atoms with Crippen LogP contribution in [0.5, 0.6) is 0 Å². The van der Waals surface area contributed by atoms with Gasteiger partial charge in [-0.3, -0.25) is 9.48 Å². The quantitative estimate of drug-likeness (QED) is 0.862. The van der Waals surface area contributed by atoms with Crippen molar-refractivity contribution in [3.63, 3.8) is 0 Å². The van der Waals surface area contributed by atoms with Gasteiger partial charge < -0.3 is 10.6 Å². The zero-order valence-electron chi connectivity index (χ0n) is 13.3. The number of aromatic nitrogens is 5. The second-order valence-electron chi connectivity index (χ2n) is 5.69. The molecule has 3 heterocycles. The van der Waals surface area contributed by atoms with E-state index in [4.69, 9.17) is 0 Å². The van der Waals surface area contributed by atoms with E-state index >= 15 is 0 Å². The predicted molar refractivity (Wildman–Crippen MR) is 87.5 cm³/mol. The van der Waals surface area contributed by atoms with Crippen LogP contribution in [0, 0.1) is 0 Å². The Morgan fingerprint density at radius 3 is 3.00 bits per heavy atom. The molecule has 0 aromatic carbocycles. The third-order valence-corrected chi connectivity index (χ3v) is 3.93. The monoisotopic (exact) mass is 339 g/mol. The Hall–Kier alpha value is -1.93. The highest BCUT2D eigenvalue weighted by atomic mass is 35.5. The van der Waals surface area contributed by atoms with E-state index in [0.717, 1.165) is 31.5 Å². The molecule has 1 aliphatic heterocycles. The summed E-state index contributed by atoms with van der Waals surface area (Å²) in [6.07, 6.45) is 7.43. The number of carbonyl (C=O) groups excluding carboxylic acids is 1. The topological polar surface area (TPSA) is 89.7 Å². The summed E-state index contributed by atoms with van der Waals surface area (Å²) in [6.45, 7) is 3.83. The molecule has 2 atom stereocenters. The van der Waals surface area contributed by atoms with Crippen LogP contribution in [-0.4, -0.2) is 43.5 Å². The van der Waals surface area contributed by atoms with Crippen molar-refractivity contribution >= 4 is 18.3 Å². The molecule has 2 N–H and O–H groups in total. The van der Waals surface area contributed by atoms with Gasteiger partial charge in [0, 0.05) is 25.4 Å². The molecule has 0 aliphatic carbocycles. The average molecular weight is 340 g/mol. The number of halogens is 1. The Morgan fingerprint density at radius 1 is 1.52 bits per heavy atom. The van der Waals surface area contributed by atoms with Crippen LogP contribution in [0.15, 0.2) is 18.7 Å². The molecule has 1 aliphatic rings. The predicted octanol–water partition coefficient (Wildman–Crippen LogP) is 0.849. The van der Waals surface area contributed by atoms with Gasteiger partial charge in [-0.1, -0.05) is 0 Å². The van der Waals surface area contributed by atoms with Crippen molar-refractivity contribution in [1.82, 2.24) is 35.2 Å². The second-order valence-corrected chi connectivity index (χ2v) is 5.69. The van der Waals surface area contributed by atoms with E-state index < -0.39 is 0 Å². The Morgan fingerprint density at radius 2 is 2.35 bits per heavy atom. The first-order chi connectivity index (χ1) is 10.6. The average Bonchev–Trinajstić information content (AvgIpc) is 3.17. The van der Waals surface area contributed by atoms with Crippen molar-refractivity contribution in [3.8, 4) is 0 Å². The third-order valence-electron chi connectivity index (χ3n) is 3.93. The molecule has 0 spiro atoms. The molecule has 0 bridgehead atoms. The molecular formula is C14H22ClN7O. The summed E-state index contributed by atoms with van der Waals surface area (Å²) in [7, 11) is 1.85. The highest BCUT2D eigenvalue weighted by Crippen LogP contribution is 2.15. The van der Waals surface area contributed by atoms with Gasteiger partial charge in [-0.2, -0.15) is 5.10 Å². The fourth-order valence-electron chi connectivity index (χ4n) is 2.62. The molecule has 9 heteroatoms. The summed E-state index contributed by atoms with van der Waals surface area (Å²) < 4.78 is 3.50. The molecular weight excluding hydrogens is 318 g/mol. The minimum atomic E-state index is -0.265. The van der Waals surface area contributed by atoms with Crippen LogP contribution in [0.3, 0.4) is 0 Å². The number of aryl methyl sites for hydroxylation is 1. The Balaban J connectivity index is 0.00000192. The fourth-order valence-corrected chi connectivity index (χ4v) is 2.62. The van der Waals surface area contributed by atoms with E-state index in [1.54, 1.807) is 21.9 Å². The second kappa shape index (κ2) is 7.56. The maximum Gasteiger partial charge on any atom is 0.291 e. The lowest BCUT2D eigenvalue weighted by molar-refractivity contribution is 0.0928. The number of nitrogens with zero attached hydrogens (tertiary/aromatic N) is 5.